The predicted molar refractivity (Wildman–Crippen MR) is 222 cm³/mol. The third-order valence-electron chi connectivity index (χ3n) is 10.7. The summed E-state index contributed by atoms with van der Waals surface area (Å²) in [7, 11) is -4.76. The number of piperazine rings is 1. The second kappa shape index (κ2) is 16.6. The van der Waals surface area contributed by atoms with Crippen LogP contribution in [0, 0.1) is 15.5 Å². The fourth-order valence-electron chi connectivity index (χ4n) is 7.55. The Labute approximate surface area is 344 Å². The van der Waals surface area contributed by atoms with E-state index in [1.54, 1.807) is 36.5 Å². The van der Waals surface area contributed by atoms with Crippen LogP contribution in [0.15, 0.2) is 102 Å². The van der Waals surface area contributed by atoms with Gasteiger partial charge in [-0.2, -0.15) is 13.2 Å². The number of halogens is 4. The van der Waals surface area contributed by atoms with E-state index >= 15 is 0 Å². The van der Waals surface area contributed by atoms with Gasteiger partial charge in [0.2, 0.25) is 0 Å². The summed E-state index contributed by atoms with van der Waals surface area (Å²) in [5.41, 5.74) is 4.14. The van der Waals surface area contributed by atoms with Gasteiger partial charge in [-0.15, -0.1) is 0 Å². The lowest BCUT2D eigenvalue weighted by Gasteiger charge is -2.39. The maximum Gasteiger partial charge on any atom is 0.405 e. The average molecular weight is 851 g/mol. The molecule has 2 aliphatic rings. The first-order valence-electron chi connectivity index (χ1n) is 18.9. The van der Waals surface area contributed by atoms with Crippen LogP contribution in [0.1, 0.15) is 49.0 Å². The molecule has 1 fully saturated rings. The number of carbonyl (C=O) groups excluding carboxylic acids is 1. The molecule has 59 heavy (non-hydrogen) atoms. The monoisotopic (exact) mass is 850 g/mol. The first kappa shape index (κ1) is 41.6. The highest BCUT2D eigenvalue weighted by Gasteiger charge is 2.32. The van der Waals surface area contributed by atoms with Crippen molar-refractivity contribution in [2.75, 3.05) is 49.5 Å². The molecule has 3 N–H and O–H groups in total. The van der Waals surface area contributed by atoms with Crippen molar-refractivity contribution < 1.29 is 36.0 Å². The Morgan fingerprint density at radius 3 is 2.44 bits per heavy atom. The van der Waals surface area contributed by atoms with E-state index in [0.29, 0.717) is 29.9 Å². The lowest BCUT2D eigenvalue weighted by atomic mass is 9.72. The lowest BCUT2D eigenvalue weighted by molar-refractivity contribution is -0.384. The van der Waals surface area contributed by atoms with Crippen molar-refractivity contribution in [2.24, 2.45) is 5.41 Å². The molecular formula is C42H42ClF3N6O6S. The molecule has 1 aromatic heterocycles. The average Bonchev–Trinajstić information content (AvgIpc) is 3.68. The minimum Gasteiger partial charge on any atom is -0.456 e. The highest BCUT2D eigenvalue weighted by Crippen LogP contribution is 2.43. The number of amides is 1. The Kier molecular flexibility index (Phi) is 11.7. The van der Waals surface area contributed by atoms with Gasteiger partial charge in [0.15, 0.2) is 0 Å². The molecule has 0 atom stereocenters. The Morgan fingerprint density at radius 2 is 1.73 bits per heavy atom. The van der Waals surface area contributed by atoms with Crippen molar-refractivity contribution >= 4 is 61.1 Å². The second-order valence-electron chi connectivity index (χ2n) is 15.5. The van der Waals surface area contributed by atoms with Gasteiger partial charge in [-0.3, -0.25) is 19.8 Å². The van der Waals surface area contributed by atoms with Gasteiger partial charge in [0.1, 0.15) is 23.7 Å². The van der Waals surface area contributed by atoms with E-state index in [0.717, 1.165) is 67.6 Å². The van der Waals surface area contributed by atoms with E-state index in [2.05, 4.69) is 40.8 Å². The number of aromatic nitrogens is 1. The van der Waals surface area contributed by atoms with Crippen LogP contribution in [0.4, 0.5) is 30.2 Å². The molecule has 310 valence electrons. The van der Waals surface area contributed by atoms with Crippen molar-refractivity contribution in [3.05, 3.63) is 123 Å². The second-order valence-corrected chi connectivity index (χ2v) is 17.6. The molecule has 0 bridgehead atoms. The third-order valence-corrected chi connectivity index (χ3v) is 12.3. The summed E-state index contributed by atoms with van der Waals surface area (Å²) in [6, 6.07) is 22.3. The topological polar surface area (TPSA) is 150 Å². The number of alkyl halides is 3. The molecule has 1 saturated heterocycles. The van der Waals surface area contributed by atoms with Gasteiger partial charge >= 0.3 is 6.18 Å². The Balaban J connectivity index is 1.12. The first-order valence-corrected chi connectivity index (χ1v) is 20.8. The van der Waals surface area contributed by atoms with Gasteiger partial charge in [0.05, 0.1) is 15.4 Å². The molecule has 1 aliphatic heterocycles. The number of fused-ring (bicyclic) bond motifs is 1. The number of nitro benzene ring substituents is 1. The number of nitro groups is 1. The summed E-state index contributed by atoms with van der Waals surface area (Å²) in [5, 5.41) is 15.0. The van der Waals surface area contributed by atoms with Gasteiger partial charge in [0, 0.05) is 72.7 Å². The van der Waals surface area contributed by atoms with E-state index in [4.69, 9.17) is 16.3 Å². The molecule has 4 aromatic carbocycles. The van der Waals surface area contributed by atoms with Crippen molar-refractivity contribution in [3.63, 3.8) is 0 Å². The molecule has 0 spiro atoms. The maximum atomic E-state index is 13.8. The fraction of sp³-hybridized carbons (Fsp3) is 0.310. The number of H-pyrrole nitrogens is 1. The summed E-state index contributed by atoms with van der Waals surface area (Å²) in [6.07, 6.45) is 0.158. The smallest absolute Gasteiger partial charge is 0.405 e. The van der Waals surface area contributed by atoms with Gasteiger partial charge in [-0.1, -0.05) is 49.2 Å². The molecule has 0 unspecified atom stereocenters. The molecule has 5 aromatic rings. The number of allylic oxidation sites excluding steroid dienone is 1. The number of hydrogen-bond donors (Lipinski definition) is 3. The largest absolute Gasteiger partial charge is 0.456 e. The van der Waals surface area contributed by atoms with Crippen LogP contribution < -0.4 is 19.7 Å². The minimum atomic E-state index is -4.76. The van der Waals surface area contributed by atoms with Crippen LogP contribution in [-0.2, 0) is 10.0 Å². The normalized spacial score (nSPS) is 16.3. The number of rotatable bonds is 12. The molecule has 12 nitrogen and oxygen atoms in total. The Morgan fingerprint density at radius 1 is 0.983 bits per heavy atom. The summed E-state index contributed by atoms with van der Waals surface area (Å²) >= 11 is 6.21. The molecular weight excluding hydrogens is 809 g/mol. The number of hydrogen-bond acceptors (Lipinski definition) is 9. The number of sulfonamides is 1. The van der Waals surface area contributed by atoms with Crippen molar-refractivity contribution in [1.82, 2.24) is 14.6 Å². The maximum absolute atomic E-state index is 13.8. The summed E-state index contributed by atoms with van der Waals surface area (Å²) in [4.78, 5) is 31.5. The van der Waals surface area contributed by atoms with Crippen LogP contribution in [0.3, 0.4) is 0 Å². The number of nitrogens with one attached hydrogen (secondary N) is 3. The lowest BCUT2D eigenvalue weighted by Crippen LogP contribution is -2.47. The number of ether oxygens (including phenoxy) is 1. The number of carbonyl (C=O) groups is 1. The fourth-order valence-corrected chi connectivity index (χ4v) is 8.66. The zero-order chi connectivity index (χ0) is 42.1. The zero-order valence-electron chi connectivity index (χ0n) is 32.2. The predicted octanol–water partition coefficient (Wildman–Crippen LogP) is 9.40. The Bertz CT molecular complexity index is 2530. The van der Waals surface area contributed by atoms with Crippen LogP contribution in [0.2, 0.25) is 5.02 Å². The zero-order valence-corrected chi connectivity index (χ0v) is 33.8. The molecule has 1 aliphatic carbocycles. The molecule has 1 amide bonds. The third kappa shape index (κ3) is 9.83. The molecule has 0 saturated carbocycles. The number of benzene rings is 4. The van der Waals surface area contributed by atoms with Crippen LogP contribution >= 0.6 is 11.6 Å². The van der Waals surface area contributed by atoms with Gasteiger partial charge in [-0.05, 0) is 90.4 Å². The van der Waals surface area contributed by atoms with Crippen LogP contribution in [0.25, 0.3) is 16.5 Å². The summed E-state index contributed by atoms with van der Waals surface area (Å²) < 4.78 is 73.6. The van der Waals surface area contributed by atoms with E-state index in [9.17, 15) is 36.5 Å². The van der Waals surface area contributed by atoms with Crippen LogP contribution in [-0.4, -0.2) is 74.6 Å². The van der Waals surface area contributed by atoms with E-state index < -0.39 is 49.8 Å². The van der Waals surface area contributed by atoms with Gasteiger partial charge in [-0.25, -0.2) is 13.1 Å². The molecule has 0 radical (unpaired) electrons. The summed E-state index contributed by atoms with van der Waals surface area (Å²) in [5.74, 6) is -0.618. The van der Waals surface area contributed by atoms with Gasteiger partial charge in [0.25, 0.3) is 21.6 Å². The van der Waals surface area contributed by atoms with Crippen molar-refractivity contribution in [2.45, 2.75) is 44.2 Å². The van der Waals surface area contributed by atoms with E-state index in [1.165, 1.54) is 22.8 Å². The van der Waals surface area contributed by atoms with Crippen molar-refractivity contribution in [3.8, 4) is 11.5 Å². The highest BCUT2D eigenvalue weighted by atomic mass is 35.5. The number of anilines is 2. The minimum absolute atomic E-state index is 0.0617. The molecule has 17 heteroatoms. The standard InChI is InChI=1S/C42H42ClF3N6O6S/c1-41(2)16-14-28(34(24-41)27-6-8-29(43)9-7-27)25-50-18-20-51(21-19-50)30-10-12-33(39(22-30)58-38-5-3-4-35-32(38)15-17-47-35)40(53)49-59(56,57)31-11-13-36(37(23-31)52(54)55)48-26-42(44,45)46/h3-13,15,17,22-23,47-48H,14,16,18-21,24-26H2,1-2H3,(H,49,53). The SMILES string of the molecule is CC1(C)CCC(CN2CCN(c3ccc(C(=O)NS(=O)(=O)c4ccc(NCC(F)(F)F)c([N+](=O)[O-])c4)c(Oc4cccc5[nH]ccc45)c3)CC2)=C(c2ccc(Cl)cc2)C1. The molecule has 2 heterocycles. The quantitative estimate of drug-likeness (QED) is 0.0825. The first-order chi connectivity index (χ1) is 27.9. The van der Waals surface area contributed by atoms with Crippen LogP contribution in [0.5, 0.6) is 11.5 Å². The van der Waals surface area contributed by atoms with Gasteiger partial charge < -0.3 is 19.9 Å². The number of aromatic amines is 1. The van der Waals surface area contributed by atoms with E-state index in [1.807, 2.05) is 28.2 Å². The Hall–Kier alpha value is -5.58. The van der Waals surface area contributed by atoms with Crippen molar-refractivity contribution in [1.29, 1.82) is 0 Å². The summed E-state index contributed by atoms with van der Waals surface area (Å²) in [6.45, 7) is 6.78. The highest BCUT2D eigenvalue weighted by molar-refractivity contribution is 7.90. The number of nitrogens with zero attached hydrogens (tertiary/aromatic N) is 3. The molecule has 7 rings (SSSR count). The van der Waals surface area contributed by atoms with E-state index in [-0.39, 0.29) is 16.7 Å².